The first-order chi connectivity index (χ1) is 8.06. The maximum absolute atomic E-state index is 11.3. The van der Waals surface area contributed by atoms with Crippen molar-refractivity contribution in [1.29, 1.82) is 0 Å². The average Bonchev–Trinajstić information content (AvgIpc) is 2.23. The van der Waals surface area contributed by atoms with Crippen LogP contribution in [0.1, 0.15) is 20.3 Å². The fraction of sp³-hybridized carbons (Fsp3) is 0.818. The van der Waals surface area contributed by atoms with Gasteiger partial charge >= 0.3 is 0 Å². The van der Waals surface area contributed by atoms with E-state index in [1.165, 1.54) is 0 Å². The van der Waals surface area contributed by atoms with Gasteiger partial charge in [0.1, 0.15) is 0 Å². The topological polar surface area (TPSA) is 79.5 Å². The normalized spacial score (nSPS) is 10.4. The Morgan fingerprint density at radius 1 is 1.18 bits per heavy atom. The molecule has 0 unspecified atom stereocenters. The van der Waals surface area contributed by atoms with Crippen LogP contribution in [0.15, 0.2) is 0 Å². The molecule has 0 aliphatic carbocycles. The van der Waals surface area contributed by atoms with E-state index in [1.54, 1.807) is 7.11 Å². The third-order valence-electron chi connectivity index (χ3n) is 1.89. The zero-order chi connectivity index (χ0) is 13.1. The van der Waals surface area contributed by atoms with Gasteiger partial charge in [0.25, 0.3) is 0 Å². The lowest BCUT2D eigenvalue weighted by Crippen LogP contribution is -2.38. The number of amides is 2. The largest absolute Gasteiger partial charge is 0.383 e. The second-order valence-corrected chi connectivity index (χ2v) is 3.99. The van der Waals surface area contributed by atoms with Crippen LogP contribution in [0.4, 0.5) is 0 Å². The molecule has 17 heavy (non-hydrogen) atoms. The molecule has 6 heteroatoms. The van der Waals surface area contributed by atoms with Crippen LogP contribution >= 0.6 is 0 Å². The van der Waals surface area contributed by atoms with Crippen molar-refractivity contribution in [3.63, 3.8) is 0 Å². The molecule has 0 saturated carbocycles. The quantitative estimate of drug-likeness (QED) is 0.467. The van der Waals surface area contributed by atoms with Gasteiger partial charge in [0.05, 0.1) is 13.2 Å². The van der Waals surface area contributed by atoms with Crippen molar-refractivity contribution in [2.45, 2.75) is 26.3 Å². The van der Waals surface area contributed by atoms with Crippen molar-refractivity contribution < 1.29 is 14.3 Å². The van der Waals surface area contributed by atoms with Crippen LogP contribution in [-0.2, 0) is 14.3 Å². The van der Waals surface area contributed by atoms with Crippen molar-refractivity contribution in [3.05, 3.63) is 0 Å². The van der Waals surface area contributed by atoms with Gasteiger partial charge in [-0.25, -0.2) is 0 Å². The number of carbonyl (C=O) groups is 2. The Kier molecular flexibility index (Phi) is 9.37. The molecule has 0 aromatic rings. The minimum absolute atomic E-state index is 0.0485. The van der Waals surface area contributed by atoms with Gasteiger partial charge in [-0.15, -0.1) is 0 Å². The molecule has 100 valence electrons. The molecule has 0 aliphatic heterocycles. The number of methoxy groups -OCH3 is 1. The van der Waals surface area contributed by atoms with Crippen LogP contribution in [-0.4, -0.2) is 51.2 Å². The van der Waals surface area contributed by atoms with E-state index in [2.05, 4.69) is 16.0 Å². The van der Waals surface area contributed by atoms with E-state index in [0.717, 1.165) is 0 Å². The number of rotatable bonds is 9. The summed E-state index contributed by atoms with van der Waals surface area (Å²) in [4.78, 5) is 22.5. The SMILES string of the molecule is COCCNCC(=O)NCCC(=O)NC(C)C. The number of hydrogen-bond acceptors (Lipinski definition) is 4. The second kappa shape index (κ2) is 10.0. The van der Waals surface area contributed by atoms with Gasteiger partial charge in [0.15, 0.2) is 0 Å². The van der Waals surface area contributed by atoms with Crippen LogP contribution in [0.5, 0.6) is 0 Å². The molecule has 3 N–H and O–H groups in total. The molecule has 0 aliphatic rings. The third kappa shape index (κ3) is 11.1. The Morgan fingerprint density at radius 2 is 1.88 bits per heavy atom. The molecule has 0 aromatic heterocycles. The van der Waals surface area contributed by atoms with Gasteiger partial charge in [-0.2, -0.15) is 0 Å². The molecule has 2 amide bonds. The standard InChI is InChI=1S/C11H23N3O3/c1-9(2)14-10(15)4-5-13-11(16)8-12-6-7-17-3/h9,12H,4-8H2,1-3H3,(H,13,16)(H,14,15). The summed E-state index contributed by atoms with van der Waals surface area (Å²) in [5, 5.41) is 8.33. The first-order valence-corrected chi connectivity index (χ1v) is 5.82. The molecule has 0 aromatic carbocycles. The van der Waals surface area contributed by atoms with Gasteiger partial charge in [-0.1, -0.05) is 0 Å². The fourth-order valence-corrected chi connectivity index (χ4v) is 1.15. The molecular weight excluding hydrogens is 222 g/mol. The van der Waals surface area contributed by atoms with Gasteiger partial charge in [0, 0.05) is 32.7 Å². The summed E-state index contributed by atoms with van der Waals surface area (Å²) >= 11 is 0. The van der Waals surface area contributed by atoms with E-state index in [1.807, 2.05) is 13.8 Å². The summed E-state index contributed by atoms with van der Waals surface area (Å²) in [6.45, 7) is 5.62. The Labute approximate surface area is 102 Å². The average molecular weight is 245 g/mol. The molecule has 0 heterocycles. The fourth-order valence-electron chi connectivity index (χ4n) is 1.15. The van der Waals surface area contributed by atoms with E-state index in [9.17, 15) is 9.59 Å². The van der Waals surface area contributed by atoms with Crippen LogP contribution in [0, 0.1) is 0 Å². The summed E-state index contributed by atoms with van der Waals surface area (Å²) < 4.78 is 4.83. The van der Waals surface area contributed by atoms with Crippen LogP contribution in [0.25, 0.3) is 0 Å². The minimum Gasteiger partial charge on any atom is -0.383 e. The molecule has 0 radical (unpaired) electrons. The van der Waals surface area contributed by atoms with Crippen LogP contribution < -0.4 is 16.0 Å². The maximum atomic E-state index is 11.3. The highest BCUT2D eigenvalue weighted by Crippen LogP contribution is 1.82. The molecule has 0 bridgehead atoms. The number of hydrogen-bond donors (Lipinski definition) is 3. The predicted octanol–water partition coefficient (Wildman–Crippen LogP) is -0.747. The van der Waals surface area contributed by atoms with Crippen molar-refractivity contribution >= 4 is 11.8 Å². The molecule has 6 nitrogen and oxygen atoms in total. The van der Waals surface area contributed by atoms with E-state index < -0.39 is 0 Å². The van der Waals surface area contributed by atoms with Crippen molar-refractivity contribution in [2.24, 2.45) is 0 Å². The summed E-state index contributed by atoms with van der Waals surface area (Å²) in [7, 11) is 1.61. The van der Waals surface area contributed by atoms with Crippen molar-refractivity contribution in [2.75, 3.05) is 33.4 Å². The lowest BCUT2D eigenvalue weighted by Gasteiger charge is -2.09. The smallest absolute Gasteiger partial charge is 0.233 e. The Balaban J connectivity index is 3.41. The first-order valence-electron chi connectivity index (χ1n) is 5.82. The summed E-state index contributed by atoms with van der Waals surface area (Å²) in [5.74, 6) is -0.161. The summed E-state index contributed by atoms with van der Waals surface area (Å²) in [6, 6.07) is 0.133. The highest BCUT2D eigenvalue weighted by molar-refractivity contribution is 5.80. The van der Waals surface area contributed by atoms with Gasteiger partial charge in [0.2, 0.25) is 11.8 Å². The highest BCUT2D eigenvalue weighted by atomic mass is 16.5. The highest BCUT2D eigenvalue weighted by Gasteiger charge is 2.04. The summed E-state index contributed by atoms with van der Waals surface area (Å²) in [6.07, 6.45) is 0.308. The molecule has 0 fully saturated rings. The molecule has 0 atom stereocenters. The van der Waals surface area contributed by atoms with Crippen molar-refractivity contribution in [3.8, 4) is 0 Å². The predicted molar refractivity (Wildman–Crippen MR) is 65.7 cm³/mol. The Bertz CT molecular complexity index is 232. The van der Waals surface area contributed by atoms with Gasteiger partial charge in [-0.3, -0.25) is 9.59 Å². The van der Waals surface area contributed by atoms with E-state index in [-0.39, 0.29) is 24.4 Å². The molecule has 0 saturated heterocycles. The van der Waals surface area contributed by atoms with E-state index in [4.69, 9.17) is 4.74 Å². The monoisotopic (exact) mass is 245 g/mol. The Morgan fingerprint density at radius 3 is 2.47 bits per heavy atom. The minimum atomic E-state index is -0.113. The molecular formula is C11H23N3O3. The van der Waals surface area contributed by atoms with Gasteiger partial charge < -0.3 is 20.7 Å². The van der Waals surface area contributed by atoms with E-state index >= 15 is 0 Å². The van der Waals surface area contributed by atoms with Gasteiger partial charge in [-0.05, 0) is 13.8 Å². The van der Waals surface area contributed by atoms with Crippen LogP contribution in [0.3, 0.4) is 0 Å². The number of ether oxygens (including phenoxy) is 1. The lowest BCUT2D eigenvalue weighted by atomic mass is 10.3. The Hall–Kier alpha value is -1.14. The third-order valence-corrected chi connectivity index (χ3v) is 1.89. The van der Waals surface area contributed by atoms with Crippen molar-refractivity contribution in [1.82, 2.24) is 16.0 Å². The van der Waals surface area contributed by atoms with E-state index in [0.29, 0.717) is 26.1 Å². The van der Waals surface area contributed by atoms with Crippen LogP contribution in [0.2, 0.25) is 0 Å². The number of carbonyl (C=O) groups excluding carboxylic acids is 2. The summed E-state index contributed by atoms with van der Waals surface area (Å²) in [5.41, 5.74) is 0. The zero-order valence-corrected chi connectivity index (χ0v) is 10.8. The molecule has 0 spiro atoms. The zero-order valence-electron chi connectivity index (χ0n) is 10.8. The lowest BCUT2D eigenvalue weighted by molar-refractivity contribution is -0.122. The second-order valence-electron chi connectivity index (χ2n) is 3.99. The molecule has 0 rings (SSSR count). The first kappa shape index (κ1) is 15.9. The number of nitrogens with one attached hydrogen (secondary N) is 3. The maximum Gasteiger partial charge on any atom is 0.233 e.